The molecule has 0 bridgehead atoms. The monoisotopic (exact) mass is 537 g/mol. The van der Waals surface area contributed by atoms with Crippen LogP contribution in [0, 0.1) is 13.8 Å². The number of para-hydroxylation sites is 1. The molecule has 1 heterocycles. The van der Waals surface area contributed by atoms with Gasteiger partial charge in [-0.1, -0.05) is 38.1 Å². The van der Waals surface area contributed by atoms with Gasteiger partial charge in [-0.15, -0.1) is 41.1 Å². The molecule has 0 N–H and O–H groups in total. The molecular weight excluding hydrogens is 512 g/mol. The molecule has 0 unspecified atom stereocenters. The molecule has 0 atom stereocenters. The fourth-order valence-corrected chi connectivity index (χ4v) is 4.65. The number of aromatic nitrogens is 1. The van der Waals surface area contributed by atoms with Gasteiger partial charge in [-0.2, -0.15) is 17.2 Å². The van der Waals surface area contributed by atoms with E-state index in [1.807, 2.05) is 0 Å². The standard InChI is InChI=1S/C21H18N.C7H9.2ClH.Zr/c1-2-8-16-14-17(13-15(16)7-1)22-20-11-5-3-9-18(20)19-10-4-6-12-21(19)22;1-6-4-3-5-7(6)2;;;/h1-3,5,7-9,11,13-14H,4,6,10,12H2;3-5H,1-2H3;2*1H;/q2*-1;;;+4/p-2. The van der Waals surface area contributed by atoms with E-state index in [0.717, 1.165) is 0 Å². The van der Waals surface area contributed by atoms with Crippen molar-refractivity contribution in [2.75, 3.05) is 0 Å². The Morgan fingerprint density at radius 1 is 0.875 bits per heavy atom. The first-order chi connectivity index (χ1) is 14.2. The van der Waals surface area contributed by atoms with Gasteiger partial charge in [0.2, 0.25) is 0 Å². The third kappa shape index (κ3) is 4.99. The molecule has 1 aromatic heterocycles. The summed E-state index contributed by atoms with van der Waals surface area (Å²) >= 11 is 0. The second kappa shape index (κ2) is 11.5. The number of hydrogen-bond acceptors (Lipinski definition) is 0. The predicted octanol–water partition coefficient (Wildman–Crippen LogP) is 1.41. The van der Waals surface area contributed by atoms with E-state index >= 15 is 0 Å². The van der Waals surface area contributed by atoms with Crippen LogP contribution in [0.25, 0.3) is 27.4 Å². The van der Waals surface area contributed by atoms with Crippen LogP contribution in [0.4, 0.5) is 0 Å². The molecule has 1 aliphatic carbocycles. The van der Waals surface area contributed by atoms with Crippen molar-refractivity contribution in [3.8, 4) is 5.69 Å². The van der Waals surface area contributed by atoms with Gasteiger partial charge in [0.25, 0.3) is 0 Å². The fraction of sp³-hybridized carbons (Fsp3) is 0.214. The van der Waals surface area contributed by atoms with Gasteiger partial charge >= 0.3 is 26.2 Å². The van der Waals surface area contributed by atoms with Gasteiger partial charge in [0.15, 0.2) is 0 Å². The van der Waals surface area contributed by atoms with Crippen LogP contribution >= 0.6 is 0 Å². The molecule has 4 aromatic carbocycles. The van der Waals surface area contributed by atoms with Crippen molar-refractivity contribution in [2.45, 2.75) is 39.5 Å². The van der Waals surface area contributed by atoms with Gasteiger partial charge in [0.05, 0.1) is 5.52 Å². The van der Waals surface area contributed by atoms with Gasteiger partial charge in [-0.25, -0.2) is 12.1 Å². The molecule has 4 heteroatoms. The van der Waals surface area contributed by atoms with E-state index in [9.17, 15) is 0 Å². The number of hydrogen-bond donors (Lipinski definition) is 0. The quantitative estimate of drug-likeness (QED) is 0.284. The molecule has 0 amide bonds. The maximum Gasteiger partial charge on any atom is 4.00 e. The molecule has 6 rings (SSSR count). The largest absolute Gasteiger partial charge is 4.00 e. The van der Waals surface area contributed by atoms with E-state index < -0.39 is 0 Å². The Labute approximate surface area is 222 Å². The first kappa shape index (κ1) is 26.7. The van der Waals surface area contributed by atoms with Crippen LogP contribution in [0.5, 0.6) is 0 Å². The maximum absolute atomic E-state index is 2.50. The zero-order valence-electron chi connectivity index (χ0n) is 18.5. The van der Waals surface area contributed by atoms with E-state index in [0.29, 0.717) is 0 Å². The number of fused-ring (bicyclic) bond motifs is 4. The van der Waals surface area contributed by atoms with E-state index in [4.69, 9.17) is 0 Å². The zero-order valence-corrected chi connectivity index (χ0v) is 22.5. The number of halogens is 2. The molecule has 32 heavy (non-hydrogen) atoms. The first-order valence-corrected chi connectivity index (χ1v) is 10.7. The van der Waals surface area contributed by atoms with Crippen LogP contribution in [0.15, 0.2) is 78.9 Å². The summed E-state index contributed by atoms with van der Waals surface area (Å²) in [5.74, 6) is 0. The number of benzene rings is 2. The third-order valence-electron chi connectivity index (χ3n) is 6.35. The van der Waals surface area contributed by atoms with Crippen molar-refractivity contribution < 1.29 is 51.0 Å². The Morgan fingerprint density at radius 2 is 1.59 bits per heavy atom. The Bertz CT molecular complexity index is 1240. The second-order valence-corrected chi connectivity index (χ2v) is 8.22. The zero-order chi connectivity index (χ0) is 19.8. The Hall–Kier alpha value is -1.60. The first-order valence-electron chi connectivity index (χ1n) is 10.7. The average Bonchev–Trinajstić information content (AvgIpc) is 3.43. The van der Waals surface area contributed by atoms with Crippen LogP contribution in [0.1, 0.15) is 35.2 Å². The van der Waals surface area contributed by atoms with Crippen molar-refractivity contribution in [1.82, 2.24) is 4.57 Å². The molecular formula is C28H27Cl2NZr. The van der Waals surface area contributed by atoms with Crippen molar-refractivity contribution in [3.05, 3.63) is 101 Å². The maximum atomic E-state index is 2.50. The number of rotatable bonds is 1. The van der Waals surface area contributed by atoms with Crippen LogP contribution in [-0.4, -0.2) is 4.57 Å². The molecule has 1 nitrogen and oxygen atoms in total. The number of aryl methyl sites for hydroxylation is 3. The SMILES string of the molecule is Cc1ccc[c-]1C.[Cl-].[Cl-].[Zr+4].c1ccc2[cH-]c(-n3c4c(c5ccccc53)CCCC4)cc2c1. The minimum absolute atomic E-state index is 0. The van der Waals surface area contributed by atoms with Crippen molar-refractivity contribution >= 4 is 21.7 Å². The Morgan fingerprint density at radius 3 is 2.28 bits per heavy atom. The van der Waals surface area contributed by atoms with Crippen molar-refractivity contribution in [1.29, 1.82) is 0 Å². The van der Waals surface area contributed by atoms with Gasteiger partial charge < -0.3 is 29.4 Å². The summed E-state index contributed by atoms with van der Waals surface area (Å²) in [4.78, 5) is 0. The summed E-state index contributed by atoms with van der Waals surface area (Å²) in [7, 11) is 0. The van der Waals surface area contributed by atoms with Crippen LogP contribution in [-0.2, 0) is 39.0 Å². The van der Waals surface area contributed by atoms with E-state index in [2.05, 4.69) is 97.3 Å². The second-order valence-electron chi connectivity index (χ2n) is 8.22. The molecule has 0 saturated heterocycles. The van der Waals surface area contributed by atoms with Gasteiger partial charge in [-0.3, -0.25) is 0 Å². The topological polar surface area (TPSA) is 4.93 Å². The van der Waals surface area contributed by atoms with Crippen molar-refractivity contribution in [3.63, 3.8) is 0 Å². The summed E-state index contributed by atoms with van der Waals surface area (Å²) < 4.78 is 2.50. The predicted molar refractivity (Wildman–Crippen MR) is 125 cm³/mol. The minimum atomic E-state index is 0. The average molecular weight is 540 g/mol. The summed E-state index contributed by atoms with van der Waals surface area (Å²) in [6.45, 7) is 4.24. The third-order valence-corrected chi connectivity index (χ3v) is 6.35. The van der Waals surface area contributed by atoms with E-state index in [1.165, 1.54) is 69.9 Å². The summed E-state index contributed by atoms with van der Waals surface area (Å²) in [6.07, 6.45) is 5.06. The molecule has 0 spiro atoms. The van der Waals surface area contributed by atoms with Gasteiger partial charge in [0.1, 0.15) is 0 Å². The normalized spacial score (nSPS) is 12.1. The van der Waals surface area contributed by atoms with Crippen LogP contribution in [0.3, 0.4) is 0 Å². The Balaban J connectivity index is 0.000000317. The van der Waals surface area contributed by atoms with Crippen molar-refractivity contribution in [2.24, 2.45) is 0 Å². The molecule has 0 radical (unpaired) electrons. The van der Waals surface area contributed by atoms with Gasteiger partial charge in [0, 0.05) is 11.1 Å². The molecule has 0 saturated carbocycles. The Kier molecular flexibility index (Phi) is 9.58. The van der Waals surface area contributed by atoms with Gasteiger partial charge in [-0.05, 0) is 43.0 Å². The molecule has 162 valence electrons. The fourth-order valence-electron chi connectivity index (χ4n) is 4.65. The molecule has 0 aliphatic heterocycles. The molecule has 1 aliphatic rings. The minimum Gasteiger partial charge on any atom is -1.00 e. The smallest absolute Gasteiger partial charge is 1.00 e. The van der Waals surface area contributed by atoms with Crippen LogP contribution in [0.2, 0.25) is 0 Å². The van der Waals surface area contributed by atoms with E-state index in [-0.39, 0.29) is 51.0 Å². The summed E-state index contributed by atoms with van der Waals surface area (Å²) in [5.41, 5.74) is 8.57. The molecule has 5 aromatic rings. The molecule has 0 fully saturated rings. The van der Waals surface area contributed by atoms with Crippen LogP contribution < -0.4 is 24.8 Å². The number of nitrogens with zero attached hydrogens (tertiary/aromatic N) is 1. The summed E-state index contributed by atoms with van der Waals surface area (Å²) in [5, 5.41) is 4.11. The summed E-state index contributed by atoms with van der Waals surface area (Å²) in [6, 6.07) is 28.5. The van der Waals surface area contributed by atoms with E-state index in [1.54, 1.807) is 5.56 Å².